The molecule has 1 aliphatic rings. The van der Waals surface area contributed by atoms with E-state index >= 15 is 0 Å². The fourth-order valence-corrected chi connectivity index (χ4v) is 4.36. The second-order valence-corrected chi connectivity index (χ2v) is 8.49. The summed E-state index contributed by atoms with van der Waals surface area (Å²) in [7, 11) is -3.72. The highest BCUT2D eigenvalue weighted by Gasteiger charge is 2.22. The van der Waals surface area contributed by atoms with Crippen molar-refractivity contribution in [3.63, 3.8) is 0 Å². The molecule has 0 aliphatic carbocycles. The van der Waals surface area contributed by atoms with E-state index in [1.807, 2.05) is 37.3 Å². The van der Waals surface area contributed by atoms with Crippen molar-refractivity contribution < 1.29 is 13.2 Å². The highest BCUT2D eigenvalue weighted by molar-refractivity contribution is 7.90. The van der Waals surface area contributed by atoms with Crippen LogP contribution in [0.15, 0.2) is 64.5 Å². The third-order valence-corrected chi connectivity index (χ3v) is 6.01. The molecule has 3 rings (SSSR count). The van der Waals surface area contributed by atoms with Gasteiger partial charge in [0.1, 0.15) is 5.84 Å². The number of hydrogen-bond donors (Lipinski definition) is 2. The number of sulfonamides is 1. The predicted octanol–water partition coefficient (Wildman–Crippen LogP) is 3.68. The number of carbonyl (C=O) groups is 1. The van der Waals surface area contributed by atoms with Crippen LogP contribution in [0.5, 0.6) is 0 Å². The lowest BCUT2D eigenvalue weighted by Gasteiger charge is -2.17. The fraction of sp³-hybridized carbons (Fsp3) is 0.333. The van der Waals surface area contributed by atoms with E-state index in [2.05, 4.69) is 15.0 Å². The monoisotopic (exact) mass is 399 g/mol. The summed E-state index contributed by atoms with van der Waals surface area (Å²) in [6.45, 7) is 2.68. The lowest BCUT2D eigenvalue weighted by Crippen LogP contribution is -2.29. The van der Waals surface area contributed by atoms with Gasteiger partial charge in [-0.05, 0) is 36.6 Å². The van der Waals surface area contributed by atoms with E-state index in [1.54, 1.807) is 12.1 Å². The number of nitrogens with one attached hydrogen (secondary N) is 2. The molecule has 0 saturated carbocycles. The Morgan fingerprint density at radius 2 is 1.93 bits per heavy atom. The van der Waals surface area contributed by atoms with Crippen LogP contribution in [0.2, 0.25) is 0 Å². The van der Waals surface area contributed by atoms with Crippen LogP contribution in [0.1, 0.15) is 44.1 Å². The number of amidine groups is 1. The summed E-state index contributed by atoms with van der Waals surface area (Å²) in [6.07, 6.45) is 3.07. The van der Waals surface area contributed by atoms with Crippen LogP contribution in [0.4, 0.5) is 5.69 Å². The maximum atomic E-state index is 12.8. The van der Waals surface area contributed by atoms with Gasteiger partial charge in [0.15, 0.2) is 0 Å². The van der Waals surface area contributed by atoms with Crippen molar-refractivity contribution in [2.75, 3.05) is 11.9 Å². The molecule has 6 nitrogen and oxygen atoms in total. The maximum Gasteiger partial charge on any atom is 0.262 e. The Morgan fingerprint density at radius 3 is 2.61 bits per heavy atom. The summed E-state index contributed by atoms with van der Waals surface area (Å²) in [4.78, 5) is 17.1. The fourth-order valence-electron chi connectivity index (χ4n) is 3.23. The van der Waals surface area contributed by atoms with Gasteiger partial charge in [0.25, 0.3) is 10.0 Å². The molecule has 2 N–H and O–H groups in total. The summed E-state index contributed by atoms with van der Waals surface area (Å²) < 4.78 is 27.7. The Balaban J connectivity index is 1.77. The Hall–Kier alpha value is -2.67. The van der Waals surface area contributed by atoms with Crippen LogP contribution in [0.25, 0.3) is 0 Å². The first-order valence-electron chi connectivity index (χ1n) is 9.51. The van der Waals surface area contributed by atoms with Crippen molar-refractivity contribution >= 4 is 27.5 Å². The third-order valence-electron chi connectivity index (χ3n) is 4.63. The maximum absolute atomic E-state index is 12.8. The molecule has 2 aromatic rings. The molecule has 0 aromatic heterocycles. The lowest BCUT2D eigenvalue weighted by molar-refractivity contribution is -0.117. The van der Waals surface area contributed by atoms with Crippen molar-refractivity contribution in [2.24, 2.45) is 4.99 Å². The molecule has 2 aromatic carbocycles. The first-order chi connectivity index (χ1) is 13.5. The standard InChI is InChI=1S/C21H25N3O3S/c1-2-8-19(16-9-4-3-5-10-16)21(25)23-17-11-6-12-18(15-17)28(26,27)24-20-13-7-14-22-20/h3-6,9-12,15,19H,2,7-8,13-14H2,1H3,(H,22,24)(H,23,25)/t19-/m1/s1. The van der Waals surface area contributed by atoms with Crippen LogP contribution < -0.4 is 10.0 Å². The number of aliphatic imine (C=N–C) groups is 1. The van der Waals surface area contributed by atoms with Crippen molar-refractivity contribution in [3.8, 4) is 0 Å². The smallest absolute Gasteiger partial charge is 0.262 e. The van der Waals surface area contributed by atoms with E-state index in [9.17, 15) is 13.2 Å². The first-order valence-corrected chi connectivity index (χ1v) is 11.0. The molecule has 1 heterocycles. The third kappa shape index (κ3) is 4.98. The minimum atomic E-state index is -3.72. The van der Waals surface area contributed by atoms with Gasteiger partial charge in [-0.25, -0.2) is 8.42 Å². The quantitative estimate of drug-likeness (QED) is 0.744. The summed E-state index contributed by atoms with van der Waals surface area (Å²) in [6, 6.07) is 15.9. The highest BCUT2D eigenvalue weighted by atomic mass is 32.2. The molecular weight excluding hydrogens is 374 g/mol. The molecule has 0 fully saturated rings. The second kappa shape index (κ2) is 9.01. The van der Waals surface area contributed by atoms with Crippen LogP contribution in [0, 0.1) is 0 Å². The molecule has 148 valence electrons. The number of benzene rings is 2. The van der Waals surface area contributed by atoms with Gasteiger partial charge in [-0.15, -0.1) is 0 Å². The van der Waals surface area contributed by atoms with Crippen LogP contribution in [-0.4, -0.2) is 26.7 Å². The zero-order chi connectivity index (χ0) is 20.0. The summed E-state index contributed by atoms with van der Waals surface area (Å²) in [5.41, 5.74) is 1.41. The number of amides is 1. The predicted molar refractivity (Wildman–Crippen MR) is 111 cm³/mol. The normalized spacial score (nSPS) is 15.0. The summed E-state index contributed by atoms with van der Waals surface area (Å²) >= 11 is 0. The van der Waals surface area contributed by atoms with Crippen LogP contribution in [0.3, 0.4) is 0 Å². The van der Waals surface area contributed by atoms with Crippen molar-refractivity contribution in [1.29, 1.82) is 0 Å². The van der Waals surface area contributed by atoms with Gasteiger partial charge in [-0.3, -0.25) is 14.5 Å². The molecule has 0 bridgehead atoms. The van der Waals surface area contributed by atoms with E-state index in [0.29, 0.717) is 24.5 Å². The molecule has 0 saturated heterocycles. The average molecular weight is 400 g/mol. The minimum Gasteiger partial charge on any atom is -0.326 e. The summed E-state index contributed by atoms with van der Waals surface area (Å²) in [5, 5.41) is 2.87. The molecule has 28 heavy (non-hydrogen) atoms. The van der Waals surface area contributed by atoms with Crippen molar-refractivity contribution in [2.45, 2.75) is 43.4 Å². The number of rotatable bonds is 7. The Labute approximate surface area is 166 Å². The van der Waals surface area contributed by atoms with E-state index in [1.165, 1.54) is 12.1 Å². The van der Waals surface area contributed by atoms with E-state index in [0.717, 1.165) is 24.8 Å². The molecule has 0 spiro atoms. The molecule has 1 aliphatic heterocycles. The van der Waals surface area contributed by atoms with E-state index in [4.69, 9.17) is 0 Å². The molecular formula is C21H25N3O3S. The Morgan fingerprint density at radius 1 is 1.14 bits per heavy atom. The molecule has 1 atom stereocenters. The largest absolute Gasteiger partial charge is 0.326 e. The van der Waals surface area contributed by atoms with Gasteiger partial charge in [-0.2, -0.15) is 0 Å². The van der Waals surface area contributed by atoms with Gasteiger partial charge in [0, 0.05) is 18.7 Å². The average Bonchev–Trinajstić information content (AvgIpc) is 3.19. The van der Waals surface area contributed by atoms with E-state index < -0.39 is 10.0 Å². The Kier molecular flexibility index (Phi) is 6.46. The second-order valence-electron chi connectivity index (χ2n) is 6.81. The molecule has 7 heteroatoms. The lowest BCUT2D eigenvalue weighted by atomic mass is 9.93. The number of nitrogens with zero attached hydrogens (tertiary/aromatic N) is 1. The van der Waals surface area contributed by atoms with Crippen LogP contribution >= 0.6 is 0 Å². The van der Waals surface area contributed by atoms with Crippen LogP contribution in [-0.2, 0) is 14.8 Å². The SMILES string of the molecule is CCC[C@@H](C(=O)Nc1cccc(S(=O)(=O)NC2=NCCC2)c1)c1ccccc1. The topological polar surface area (TPSA) is 87.6 Å². The van der Waals surface area contributed by atoms with Gasteiger partial charge in [0.05, 0.1) is 10.8 Å². The minimum absolute atomic E-state index is 0.103. The molecule has 0 unspecified atom stereocenters. The van der Waals surface area contributed by atoms with Crippen molar-refractivity contribution in [1.82, 2.24) is 4.72 Å². The zero-order valence-corrected chi connectivity index (χ0v) is 16.7. The van der Waals surface area contributed by atoms with Gasteiger partial charge in [-0.1, -0.05) is 49.7 Å². The Bertz CT molecular complexity index is 956. The number of anilines is 1. The van der Waals surface area contributed by atoms with Gasteiger partial charge < -0.3 is 5.32 Å². The van der Waals surface area contributed by atoms with E-state index in [-0.39, 0.29) is 16.7 Å². The van der Waals surface area contributed by atoms with Gasteiger partial charge in [0.2, 0.25) is 5.91 Å². The number of carbonyl (C=O) groups excluding carboxylic acids is 1. The summed E-state index contributed by atoms with van der Waals surface area (Å²) in [5.74, 6) is 0.0645. The molecule has 1 amide bonds. The number of hydrogen-bond acceptors (Lipinski definition) is 4. The molecule has 0 radical (unpaired) electrons. The van der Waals surface area contributed by atoms with Gasteiger partial charge >= 0.3 is 0 Å². The zero-order valence-electron chi connectivity index (χ0n) is 15.9. The first kappa shape index (κ1) is 20.1. The highest BCUT2D eigenvalue weighted by Crippen LogP contribution is 2.24. The van der Waals surface area contributed by atoms with Crippen molar-refractivity contribution in [3.05, 3.63) is 60.2 Å².